The molecule has 3 unspecified atom stereocenters. The Labute approximate surface area is 288 Å². The predicted molar refractivity (Wildman–Crippen MR) is 208 cm³/mol. The zero-order chi connectivity index (χ0) is 33.4. The number of likely N-dealkylation sites (N-methyl/N-ethyl adjacent to an activating group) is 1. The van der Waals surface area contributed by atoms with Crippen molar-refractivity contribution in [1.82, 2.24) is 4.90 Å². The molecule has 2 heteroatoms. The first-order chi connectivity index (χ1) is 22.3. The van der Waals surface area contributed by atoms with Crippen molar-refractivity contribution < 1.29 is 0 Å². The Balaban J connectivity index is 1.92. The molecule has 0 aliphatic heterocycles. The zero-order valence-electron chi connectivity index (χ0n) is 29.6. The Morgan fingerprint density at radius 1 is 1.00 bits per heavy atom. The molecular weight excluding hydrogens is 575 g/mol. The Morgan fingerprint density at radius 3 is 2.35 bits per heavy atom. The van der Waals surface area contributed by atoms with E-state index in [1.807, 2.05) is 0 Å². The third-order valence-electron chi connectivity index (χ3n) is 10.4. The average molecular weight is 636 g/mol. The molecule has 0 N–H and O–H groups in total. The van der Waals surface area contributed by atoms with Gasteiger partial charge in [0.2, 0.25) is 0 Å². The van der Waals surface area contributed by atoms with Crippen LogP contribution in [-0.4, -0.2) is 18.0 Å². The van der Waals surface area contributed by atoms with E-state index in [0.717, 1.165) is 62.7 Å². The van der Waals surface area contributed by atoms with E-state index < -0.39 is 0 Å². The summed E-state index contributed by atoms with van der Waals surface area (Å²) in [6.45, 7) is 18.1. The number of hydrogen-bond donors (Lipinski definition) is 1. The van der Waals surface area contributed by atoms with Gasteiger partial charge in [-0.15, -0.1) is 19.2 Å². The van der Waals surface area contributed by atoms with E-state index in [1.165, 1.54) is 35.2 Å². The van der Waals surface area contributed by atoms with Gasteiger partial charge in [-0.2, -0.15) is 0 Å². The van der Waals surface area contributed by atoms with Crippen LogP contribution in [0, 0.1) is 11.3 Å². The van der Waals surface area contributed by atoms with Crippen LogP contribution in [0.25, 0.3) is 0 Å². The van der Waals surface area contributed by atoms with Crippen molar-refractivity contribution in [3.05, 3.63) is 139 Å². The molecular formula is C44H61NS. The first-order valence-corrected chi connectivity index (χ1v) is 18.2. The van der Waals surface area contributed by atoms with Crippen molar-refractivity contribution in [2.75, 3.05) is 7.05 Å². The van der Waals surface area contributed by atoms with E-state index in [0.29, 0.717) is 12.0 Å². The fourth-order valence-electron chi connectivity index (χ4n) is 7.13. The van der Waals surface area contributed by atoms with Crippen molar-refractivity contribution in [1.29, 1.82) is 0 Å². The molecule has 0 fully saturated rings. The summed E-state index contributed by atoms with van der Waals surface area (Å²) in [6, 6.07) is 9.03. The summed E-state index contributed by atoms with van der Waals surface area (Å²) in [4.78, 5) is 3.45. The van der Waals surface area contributed by atoms with Crippen LogP contribution >= 0.6 is 12.6 Å². The van der Waals surface area contributed by atoms with Gasteiger partial charge in [0.25, 0.3) is 0 Å². The first-order valence-electron chi connectivity index (χ1n) is 17.8. The molecule has 248 valence electrons. The molecule has 0 radical (unpaired) electrons. The summed E-state index contributed by atoms with van der Waals surface area (Å²) in [6.07, 6.45) is 41.6. The lowest BCUT2D eigenvalue weighted by Gasteiger charge is -2.39. The van der Waals surface area contributed by atoms with Crippen molar-refractivity contribution in [3.63, 3.8) is 0 Å². The highest BCUT2D eigenvalue weighted by molar-refractivity contribution is 7.80. The molecule has 1 nitrogen and oxygen atoms in total. The minimum atomic E-state index is -0.199. The monoisotopic (exact) mass is 635 g/mol. The third-order valence-corrected chi connectivity index (χ3v) is 10.8. The van der Waals surface area contributed by atoms with Crippen molar-refractivity contribution in [2.24, 2.45) is 11.3 Å². The van der Waals surface area contributed by atoms with Gasteiger partial charge in [-0.25, -0.2) is 0 Å². The SMILES string of the molecule is C=CC(/C=C\CC(CC/C=C\C)(C(=C)CC/C=C\C(CCCC)=C(/C)N(C)C1C=CC=C1)c1ccccc1S)(CCC)C1C=CC1. The van der Waals surface area contributed by atoms with E-state index in [9.17, 15) is 0 Å². The maximum absolute atomic E-state index is 5.02. The summed E-state index contributed by atoms with van der Waals surface area (Å²) >= 11 is 5.02. The molecule has 0 spiro atoms. The van der Waals surface area contributed by atoms with E-state index in [-0.39, 0.29) is 10.8 Å². The maximum Gasteiger partial charge on any atom is 0.0657 e. The molecule has 2 aliphatic carbocycles. The molecule has 3 rings (SSSR count). The summed E-state index contributed by atoms with van der Waals surface area (Å²) in [7, 11) is 2.21. The van der Waals surface area contributed by atoms with Crippen molar-refractivity contribution >= 4 is 12.6 Å². The van der Waals surface area contributed by atoms with Crippen molar-refractivity contribution in [3.8, 4) is 0 Å². The van der Waals surface area contributed by atoms with Crippen LogP contribution in [0.15, 0.2) is 138 Å². The minimum absolute atomic E-state index is 0.0133. The topological polar surface area (TPSA) is 3.24 Å². The van der Waals surface area contributed by atoms with E-state index in [2.05, 4.69) is 149 Å². The lowest BCUT2D eigenvalue weighted by atomic mass is 9.65. The van der Waals surface area contributed by atoms with Gasteiger partial charge in [-0.1, -0.05) is 136 Å². The lowest BCUT2D eigenvalue weighted by molar-refractivity contribution is 0.309. The largest absolute Gasteiger partial charge is 0.368 e. The van der Waals surface area contributed by atoms with Crippen LogP contribution in [0.3, 0.4) is 0 Å². The highest BCUT2D eigenvalue weighted by Gasteiger charge is 2.37. The second kappa shape index (κ2) is 19.0. The summed E-state index contributed by atoms with van der Waals surface area (Å²) in [5, 5.41) is 0. The van der Waals surface area contributed by atoms with Gasteiger partial charge in [0.1, 0.15) is 0 Å². The van der Waals surface area contributed by atoms with Gasteiger partial charge in [-0.05, 0) is 94.8 Å². The van der Waals surface area contributed by atoms with Gasteiger partial charge in [-0.3, -0.25) is 0 Å². The molecule has 0 amide bonds. The van der Waals surface area contributed by atoms with Crippen LogP contribution in [-0.2, 0) is 5.41 Å². The van der Waals surface area contributed by atoms with Crippen molar-refractivity contribution in [2.45, 2.75) is 115 Å². The molecule has 1 aromatic rings. The maximum atomic E-state index is 5.02. The smallest absolute Gasteiger partial charge is 0.0657 e. The number of benzene rings is 1. The molecule has 0 heterocycles. The molecule has 0 bridgehead atoms. The van der Waals surface area contributed by atoms with E-state index >= 15 is 0 Å². The number of nitrogens with zero attached hydrogens (tertiary/aromatic N) is 1. The molecule has 1 aromatic carbocycles. The second-order valence-electron chi connectivity index (χ2n) is 13.3. The Kier molecular flexibility index (Phi) is 15.5. The molecule has 2 aliphatic rings. The third kappa shape index (κ3) is 9.54. The fourth-order valence-corrected chi connectivity index (χ4v) is 7.51. The number of thiol groups is 1. The summed E-state index contributed by atoms with van der Waals surface area (Å²) in [5.74, 6) is 0.544. The summed E-state index contributed by atoms with van der Waals surface area (Å²) in [5.41, 5.74) is 5.20. The van der Waals surface area contributed by atoms with Gasteiger partial charge >= 0.3 is 0 Å². The van der Waals surface area contributed by atoms with Gasteiger partial charge in [0.15, 0.2) is 0 Å². The number of unbranched alkanes of at least 4 members (excludes halogenated alkanes) is 1. The average Bonchev–Trinajstić information content (AvgIpc) is 3.58. The number of hydrogen-bond acceptors (Lipinski definition) is 2. The Hall–Kier alpha value is -2.97. The van der Waals surface area contributed by atoms with E-state index in [4.69, 9.17) is 19.2 Å². The van der Waals surface area contributed by atoms with Gasteiger partial charge in [0, 0.05) is 28.5 Å². The summed E-state index contributed by atoms with van der Waals surface area (Å²) < 4.78 is 0. The lowest BCUT2D eigenvalue weighted by Crippen LogP contribution is -2.30. The zero-order valence-corrected chi connectivity index (χ0v) is 30.5. The highest BCUT2D eigenvalue weighted by Crippen LogP contribution is 2.47. The normalized spacial score (nSPS) is 19.5. The minimum Gasteiger partial charge on any atom is -0.368 e. The molecule has 0 saturated heterocycles. The first kappa shape index (κ1) is 37.5. The molecule has 0 saturated carbocycles. The number of rotatable bonds is 21. The molecule has 46 heavy (non-hydrogen) atoms. The highest BCUT2D eigenvalue weighted by atomic mass is 32.1. The fraction of sp³-hybridized carbons (Fsp3) is 0.455. The quantitative estimate of drug-likeness (QED) is 0.0799. The van der Waals surface area contributed by atoms with Gasteiger partial charge in [0.05, 0.1) is 6.04 Å². The van der Waals surface area contributed by atoms with Crippen LogP contribution in [0.5, 0.6) is 0 Å². The van der Waals surface area contributed by atoms with Crippen LogP contribution in [0.4, 0.5) is 0 Å². The van der Waals surface area contributed by atoms with Crippen LogP contribution in [0.1, 0.15) is 104 Å². The van der Waals surface area contributed by atoms with E-state index in [1.54, 1.807) is 0 Å². The van der Waals surface area contributed by atoms with Crippen LogP contribution in [0.2, 0.25) is 0 Å². The standard InChI is InChI=1S/C44H61NS/c1-8-12-20-34-44(41-30-18-19-31-42(41)46,35-22-33-43(11-4,32-10-3)39-26-21-27-39)36(5)23-14-15-25-38(24-13-9-2)37(6)45(7)40-28-16-17-29-40/h8,11-12,15-19,21-22,25-26,28-31,33,39-40,46H,4-5,9-10,13-14,20,23-24,27,32,34-35H2,1-3,6-7H3/b12-8-,25-15-,33-22-,38-37+. The number of allylic oxidation sites excluding steroid dienone is 14. The Morgan fingerprint density at radius 2 is 1.74 bits per heavy atom. The molecule has 0 aromatic heterocycles. The van der Waals surface area contributed by atoms with Crippen LogP contribution < -0.4 is 0 Å². The van der Waals surface area contributed by atoms with Gasteiger partial charge < -0.3 is 4.90 Å². The Bertz CT molecular complexity index is 1340. The molecule has 3 atom stereocenters. The predicted octanol–water partition coefficient (Wildman–Crippen LogP) is 12.8. The second-order valence-corrected chi connectivity index (χ2v) is 13.8.